The summed E-state index contributed by atoms with van der Waals surface area (Å²) in [6.07, 6.45) is -89.8. The molecular weight excluding hydrogens is 1750 g/mol. The predicted molar refractivity (Wildman–Crippen MR) is 398 cm³/mol. The van der Waals surface area contributed by atoms with Crippen LogP contribution in [0.5, 0.6) is 0 Å². The Morgan fingerprint density at radius 3 is 0.906 bits per heavy atom. The molecule has 0 aromatic carbocycles. The number of hydrogen-bond acceptors (Lipinski definition) is 50. The van der Waals surface area contributed by atoms with Crippen molar-refractivity contribution in [1.82, 2.24) is 31.9 Å². The van der Waals surface area contributed by atoms with E-state index in [0.29, 0.717) is 0 Å². The van der Waals surface area contributed by atoms with E-state index in [1.165, 1.54) is 6.92 Å². The molecule has 6 amide bonds. The van der Waals surface area contributed by atoms with Gasteiger partial charge in [-0.2, -0.15) is 0 Å². The van der Waals surface area contributed by atoms with Crippen LogP contribution in [0.25, 0.3) is 0 Å². The van der Waals surface area contributed by atoms with Crippen molar-refractivity contribution in [2.75, 3.05) is 59.5 Å². The highest BCUT2D eigenvalue weighted by atomic mass is 16.8. The molecule has 0 unspecified atom stereocenters. The van der Waals surface area contributed by atoms with Crippen molar-refractivity contribution < 1.29 is 246 Å². The second-order valence-electron chi connectivity index (χ2n) is 32.5. The van der Waals surface area contributed by atoms with Gasteiger partial charge in [0.25, 0.3) is 0 Å². The average molecular weight is 1870 g/mol. The minimum absolute atomic E-state index is 0.800. The van der Waals surface area contributed by atoms with Gasteiger partial charge in [0.1, 0.15) is 238 Å². The van der Waals surface area contributed by atoms with Gasteiger partial charge >= 0.3 is 0 Å². The Morgan fingerprint density at radius 2 is 0.484 bits per heavy atom. The van der Waals surface area contributed by atoms with Crippen molar-refractivity contribution in [1.29, 1.82) is 0 Å². The molecule has 31 N–H and O–H groups in total. The van der Waals surface area contributed by atoms with E-state index in [1.54, 1.807) is 0 Å². The van der Waals surface area contributed by atoms with E-state index in [9.17, 15) is 156 Å². The predicted octanol–water partition coefficient (Wildman–Crippen LogP) is -20.9. The molecule has 56 heteroatoms. The molecule has 10 fully saturated rings. The number of aliphatic hydroxyl groups is 25. The molecule has 0 radical (unpaired) electrons. The standard InChI is InChI=1S/C72H120N6O50/c1-17-39(91)51(103)54(106)69(113-17)111-16-32-60(47(99)33(63(109)114-32)73-18(2)85)125-67-37(77-22(6)89)50(102)59(29(13-84)119-67)126-71-56(108)61(127-70-55(107)52(104)42(94)26(10-81)117-70)44(96)31(121-71)15-112-72-62(128-68-38(78-23(7)90)49(101)58(28(12-83)120-68)124-66-35(75-20(4)87)46(98)41(93)25(9-80)116-66)53(105)43(95)30(122-72)14-110-64-36(76-21(5)88)48(100)57(27(11-82)118-64)123-65-34(74-19(3)86)45(97)40(92)24(8-79)115-65/h17,24-72,79-84,91-109H,8-16H2,1-7H3,(H,73,85)(H,74,86)(H,75,87)(H,76,88)(H,77,89)(H,78,90)/t17-,24+,25+,26+,27+,28+,29+,30+,31+,32+,33+,34+,35+,36+,37+,38+,39+,40-,41-,42+,43+,44+,45+,46+,47+,48+,49+,50+,51+,52-,53-,54-,55-,56-,57+,58+,59+,60+,61-,62-,63+,64+,65-,66-,67-,68-,69+,70+,71-,72-/m0/s1. The second kappa shape index (κ2) is 46.1. The van der Waals surface area contributed by atoms with E-state index < -0.39 is 402 Å². The Morgan fingerprint density at radius 1 is 0.219 bits per heavy atom. The van der Waals surface area contributed by atoms with Crippen molar-refractivity contribution in [3.63, 3.8) is 0 Å². The average Bonchev–Trinajstić information content (AvgIpc) is 0.386. The SMILES string of the molecule is CC(=O)N[C@@H]1[C@@H](O)[C@H](O[C@@H]2O[C@H](CO)[C@@H](O[C@@H]3O[C@H](CO[C@H]4O[C@H](CO[C@@H]5O[C@H](CO)[C@@H](O[C@@H]6O[C@H](CO)[C@H](O)[C@H](O)[C@H]6NC(C)=O)[C@H](O)[C@H]5NC(C)=O)[C@@H](O)[C@H](O)[C@@H]4O[C@@H]4O[C@H](CO)[C@@H](O[C@@H]5O[C@H](CO)[C@H](O)[C@H](O)[C@H]5NC(C)=O)[C@H](O)[C@H]4NC(C)=O)[C@@H](O)[C@H](O[C@H]4O[C@H](CO)[C@@H](O)[C@H](O)[C@@H]4O)[C@@H]3O)[C@H](O)[C@H]2NC(C)=O)[C@@H](CO[C@@H]2O[C@@H](C)[C@@H](O)[C@@H](O)[C@@H]2O)O[C@H]1O. The molecule has 10 aliphatic heterocycles. The zero-order valence-electron chi connectivity index (χ0n) is 69.6. The first-order valence-electron chi connectivity index (χ1n) is 41.0. The largest absolute Gasteiger partial charge is 0.394 e. The third kappa shape index (κ3) is 23.9. The topological polar surface area (TPSA) is 856 Å². The molecule has 0 saturated carbocycles. The number of nitrogens with one attached hydrogen (secondary N) is 6. The first-order valence-corrected chi connectivity index (χ1v) is 41.0. The molecule has 10 saturated heterocycles. The zero-order chi connectivity index (χ0) is 94.4. The van der Waals surface area contributed by atoms with Crippen LogP contribution in [-0.4, -0.2) is 529 Å². The first-order chi connectivity index (χ1) is 60.4. The maximum absolute atomic E-state index is 13.2. The van der Waals surface area contributed by atoms with Crippen molar-refractivity contribution >= 4 is 35.4 Å². The normalized spacial score (nSPS) is 47.8. The fraction of sp³-hybridized carbons (Fsp3) is 0.917. The number of amides is 6. The van der Waals surface area contributed by atoms with Crippen LogP contribution in [0.1, 0.15) is 48.5 Å². The van der Waals surface area contributed by atoms with E-state index in [1.807, 2.05) is 0 Å². The molecule has 738 valence electrons. The van der Waals surface area contributed by atoms with Crippen molar-refractivity contribution in [2.24, 2.45) is 0 Å². The Bertz CT molecular complexity index is 3550. The Hall–Kier alpha value is -4.94. The van der Waals surface area contributed by atoms with Crippen LogP contribution in [0.2, 0.25) is 0 Å². The lowest BCUT2D eigenvalue weighted by Crippen LogP contribution is -2.71. The minimum Gasteiger partial charge on any atom is -0.394 e. The molecule has 50 atom stereocenters. The number of hydrogen-bond donors (Lipinski definition) is 31. The van der Waals surface area contributed by atoms with E-state index in [4.69, 9.17) is 90.0 Å². The summed E-state index contributed by atoms with van der Waals surface area (Å²) in [5.74, 6) is -5.35. The van der Waals surface area contributed by atoms with Crippen molar-refractivity contribution in [2.45, 2.75) is 355 Å². The number of aliphatic hydroxyl groups excluding tert-OH is 25. The molecule has 0 spiro atoms. The Balaban J connectivity index is 0.983. The third-order valence-corrected chi connectivity index (χ3v) is 23.2. The summed E-state index contributed by atoms with van der Waals surface area (Å²) in [5, 5.41) is 296. The number of rotatable bonds is 33. The highest BCUT2D eigenvalue weighted by molar-refractivity contribution is 5.75. The molecular formula is C72H120N6O50. The molecule has 128 heavy (non-hydrogen) atoms. The van der Waals surface area contributed by atoms with Gasteiger partial charge in [0.15, 0.2) is 62.9 Å². The molecule has 0 aromatic rings. The number of ether oxygens (including phenoxy) is 19. The van der Waals surface area contributed by atoms with Gasteiger partial charge < -0.3 is 250 Å². The maximum atomic E-state index is 13.2. The summed E-state index contributed by atoms with van der Waals surface area (Å²) >= 11 is 0. The molecule has 10 rings (SSSR count). The van der Waals surface area contributed by atoms with Gasteiger partial charge in [0, 0.05) is 41.5 Å². The van der Waals surface area contributed by atoms with Gasteiger partial charge in [-0.1, -0.05) is 0 Å². The van der Waals surface area contributed by atoms with E-state index >= 15 is 0 Å². The Labute approximate surface area is 726 Å². The van der Waals surface area contributed by atoms with E-state index in [0.717, 1.165) is 41.5 Å². The van der Waals surface area contributed by atoms with Gasteiger partial charge in [-0.05, 0) is 6.92 Å². The molecule has 0 aromatic heterocycles. The molecule has 10 heterocycles. The summed E-state index contributed by atoms with van der Waals surface area (Å²) in [5.41, 5.74) is 0. The van der Waals surface area contributed by atoms with Crippen LogP contribution in [0, 0.1) is 0 Å². The van der Waals surface area contributed by atoms with Crippen LogP contribution in [0.15, 0.2) is 0 Å². The van der Waals surface area contributed by atoms with Gasteiger partial charge in [-0.3, -0.25) is 28.8 Å². The summed E-state index contributed by atoms with van der Waals surface area (Å²) in [6, 6.07) is -10.9. The molecule has 0 bridgehead atoms. The van der Waals surface area contributed by atoms with Gasteiger partial charge in [0.2, 0.25) is 35.4 Å². The van der Waals surface area contributed by atoms with Gasteiger partial charge in [-0.15, -0.1) is 0 Å². The van der Waals surface area contributed by atoms with Crippen LogP contribution in [0.3, 0.4) is 0 Å². The van der Waals surface area contributed by atoms with Gasteiger partial charge in [0.05, 0.1) is 65.6 Å². The van der Waals surface area contributed by atoms with E-state index in [2.05, 4.69) is 31.9 Å². The lowest BCUT2D eigenvalue weighted by molar-refractivity contribution is -0.389. The molecule has 56 nitrogen and oxygen atoms in total. The van der Waals surface area contributed by atoms with E-state index in [-0.39, 0.29) is 0 Å². The minimum atomic E-state index is -2.53. The van der Waals surface area contributed by atoms with Crippen LogP contribution in [0.4, 0.5) is 0 Å². The lowest BCUT2D eigenvalue weighted by atomic mass is 9.93. The fourth-order valence-electron chi connectivity index (χ4n) is 16.5. The van der Waals surface area contributed by atoms with Gasteiger partial charge in [-0.25, -0.2) is 0 Å². The summed E-state index contributed by atoms with van der Waals surface area (Å²) in [7, 11) is 0. The fourth-order valence-corrected chi connectivity index (χ4v) is 16.5. The third-order valence-electron chi connectivity index (χ3n) is 23.2. The molecule has 0 aliphatic carbocycles. The van der Waals surface area contributed by atoms with Crippen molar-refractivity contribution in [3.05, 3.63) is 0 Å². The molecule has 10 aliphatic rings. The first kappa shape index (κ1) is 105. The quantitative estimate of drug-likeness (QED) is 0.0290. The van der Waals surface area contributed by atoms with Crippen LogP contribution in [-0.2, 0) is 119 Å². The zero-order valence-corrected chi connectivity index (χ0v) is 69.6. The smallest absolute Gasteiger partial charge is 0.217 e. The Kier molecular flexibility index (Phi) is 37.8. The number of carbonyl (C=O) groups excluding carboxylic acids is 6. The highest BCUT2D eigenvalue weighted by Gasteiger charge is 2.61. The van der Waals surface area contributed by atoms with Crippen molar-refractivity contribution in [3.8, 4) is 0 Å². The van der Waals surface area contributed by atoms with Crippen LogP contribution >= 0.6 is 0 Å². The monoisotopic (exact) mass is 1870 g/mol. The second-order valence-corrected chi connectivity index (χ2v) is 32.5. The lowest BCUT2D eigenvalue weighted by Gasteiger charge is -2.51. The highest BCUT2D eigenvalue weighted by Crippen LogP contribution is 2.40. The number of carbonyl (C=O) groups is 6. The maximum Gasteiger partial charge on any atom is 0.217 e. The summed E-state index contributed by atoms with van der Waals surface area (Å²) < 4.78 is 114. The summed E-state index contributed by atoms with van der Waals surface area (Å²) in [6.45, 7) is -2.60. The van der Waals surface area contributed by atoms with Crippen LogP contribution < -0.4 is 31.9 Å². The summed E-state index contributed by atoms with van der Waals surface area (Å²) in [4.78, 5) is 76.7.